The monoisotopic (exact) mass is 1030 g/mol. The quantitative estimate of drug-likeness (QED) is 0.0819. The predicted molar refractivity (Wildman–Crippen MR) is 310 cm³/mol. The van der Waals surface area contributed by atoms with Crippen LogP contribution in [0.15, 0.2) is 139 Å². The number of aromatic hydroxyl groups is 6. The van der Waals surface area contributed by atoms with E-state index in [1.54, 1.807) is 110 Å². The number of rotatable bonds is 0. The van der Waals surface area contributed by atoms with Gasteiger partial charge in [0, 0.05) is 104 Å². The Morgan fingerprint density at radius 3 is 0.538 bits per heavy atom. The Labute approximate surface area is 455 Å². The molecule has 6 aromatic carbocycles. The van der Waals surface area contributed by atoms with E-state index >= 15 is 0 Å². The highest BCUT2D eigenvalue weighted by molar-refractivity contribution is 5.87. The Morgan fingerprint density at radius 2 is 0.397 bits per heavy atom. The summed E-state index contributed by atoms with van der Waals surface area (Å²) >= 11 is 0. The maximum atomic E-state index is 11.0. The smallest absolute Gasteiger partial charge is 0.125 e. The van der Waals surface area contributed by atoms with E-state index in [4.69, 9.17) is 30.0 Å². The van der Waals surface area contributed by atoms with E-state index in [1.165, 1.54) is 0 Å². The average molecular weight is 1030 g/mol. The first-order chi connectivity index (χ1) is 38.1. The van der Waals surface area contributed by atoms with Gasteiger partial charge in [-0.25, -0.2) is 0 Å². The van der Waals surface area contributed by atoms with E-state index in [0.29, 0.717) is 66.8 Å². The van der Waals surface area contributed by atoms with Crippen molar-refractivity contribution < 1.29 is 30.6 Å². The van der Waals surface area contributed by atoms with Crippen LogP contribution in [0.4, 0.5) is 0 Å². The molecule has 390 valence electrons. The molecule has 12 nitrogen and oxygen atoms in total. The SMILES string of the molecule is Oc1cc2ccc1C=NC1CCCCC1N=Cc1ccc(cc1O)C#Cc1ccc(c(O)c1)C=NC1CCCCC1N=Cc1ccc(cc1O)C#Cc1ccc(c(O)c1)C=NC1CCCCC1N=Cc1ccc(cc1O)C#C2. The van der Waals surface area contributed by atoms with Crippen molar-refractivity contribution >= 4 is 37.3 Å². The van der Waals surface area contributed by atoms with Gasteiger partial charge in [-0.15, -0.1) is 0 Å². The summed E-state index contributed by atoms with van der Waals surface area (Å²) in [6, 6.07) is 30.7. The highest BCUT2D eigenvalue weighted by Gasteiger charge is 2.26. The third-order valence-corrected chi connectivity index (χ3v) is 14.7. The molecule has 3 saturated carbocycles. The Morgan fingerprint density at radius 1 is 0.244 bits per heavy atom. The molecule has 6 aromatic rings. The van der Waals surface area contributed by atoms with Gasteiger partial charge < -0.3 is 30.6 Å². The second-order valence-electron chi connectivity index (χ2n) is 20.3. The molecule has 3 aliphatic carbocycles. The van der Waals surface area contributed by atoms with Crippen LogP contribution in [0.25, 0.3) is 0 Å². The van der Waals surface area contributed by atoms with Crippen LogP contribution in [-0.4, -0.2) is 104 Å². The Hall–Kier alpha value is -9.18. The number of benzene rings is 6. The van der Waals surface area contributed by atoms with Gasteiger partial charge in [-0.3, -0.25) is 30.0 Å². The van der Waals surface area contributed by atoms with Gasteiger partial charge in [0.1, 0.15) is 34.5 Å². The maximum Gasteiger partial charge on any atom is 0.125 e. The molecular formula is C66H60N6O6. The van der Waals surface area contributed by atoms with Crippen LogP contribution in [0.5, 0.6) is 34.5 Å². The number of hydrogen-bond acceptors (Lipinski definition) is 12. The molecule has 12 heteroatoms. The summed E-state index contributed by atoms with van der Waals surface area (Å²) in [5, 5.41) is 66.0. The molecular weight excluding hydrogens is 973 g/mol. The zero-order valence-electron chi connectivity index (χ0n) is 43.2. The van der Waals surface area contributed by atoms with E-state index in [9.17, 15) is 30.6 Å². The lowest BCUT2D eigenvalue weighted by molar-refractivity contribution is 0.390. The molecule has 0 spiro atoms. The lowest BCUT2D eigenvalue weighted by Gasteiger charge is -2.25. The van der Waals surface area contributed by atoms with Crippen LogP contribution in [0.2, 0.25) is 0 Å². The molecule has 78 heavy (non-hydrogen) atoms. The second kappa shape index (κ2) is 24.7. The van der Waals surface area contributed by atoms with E-state index < -0.39 is 0 Å². The van der Waals surface area contributed by atoms with Gasteiger partial charge in [0.15, 0.2) is 0 Å². The van der Waals surface area contributed by atoms with E-state index in [0.717, 1.165) is 77.0 Å². The van der Waals surface area contributed by atoms with Crippen molar-refractivity contribution in [3.8, 4) is 70.0 Å². The third-order valence-electron chi connectivity index (χ3n) is 14.7. The first-order valence-electron chi connectivity index (χ1n) is 26.8. The summed E-state index contributed by atoms with van der Waals surface area (Å²) < 4.78 is 0. The van der Waals surface area contributed by atoms with Crippen molar-refractivity contribution in [1.29, 1.82) is 0 Å². The molecule has 6 atom stereocenters. The second-order valence-corrected chi connectivity index (χ2v) is 20.3. The van der Waals surface area contributed by atoms with Gasteiger partial charge in [0.25, 0.3) is 0 Å². The Kier molecular flexibility index (Phi) is 16.5. The summed E-state index contributed by atoms with van der Waals surface area (Å²) in [6.07, 6.45) is 21.3. The number of nitrogens with zero attached hydrogens (tertiary/aromatic N) is 6. The number of hydrogen-bond donors (Lipinski definition) is 6. The fraction of sp³-hybridized carbons (Fsp3) is 0.273. The predicted octanol–water partition coefficient (Wildman–Crippen LogP) is 11.0. The van der Waals surface area contributed by atoms with Gasteiger partial charge in [0.2, 0.25) is 0 Å². The molecule has 14 heterocycles. The summed E-state index contributed by atoms with van der Waals surface area (Å²) in [5.41, 5.74) is 6.99. The van der Waals surface area contributed by atoms with Crippen LogP contribution in [0, 0.1) is 35.5 Å². The third kappa shape index (κ3) is 13.4. The van der Waals surface area contributed by atoms with Crippen molar-refractivity contribution in [3.05, 3.63) is 176 Å². The van der Waals surface area contributed by atoms with Gasteiger partial charge in [-0.05, 0) is 148 Å². The minimum absolute atomic E-state index is 0.0484. The van der Waals surface area contributed by atoms with Crippen LogP contribution in [0.3, 0.4) is 0 Å². The highest BCUT2D eigenvalue weighted by Crippen LogP contribution is 2.30. The summed E-state index contributed by atoms with van der Waals surface area (Å²) in [4.78, 5) is 29.2. The standard InChI is InChI=1S/C66H60N6O6/c73-61-31-43-13-14-45-21-27-51(63(75)33-45)39-69-57-9-3-4-10-58(57)71-41-53-29-23-47(35-65(53)77)17-18-48-24-30-54(66(78)36-48)42-72-60-12-6-5-11-59(60)70-40-52-28-22-46(34-64(52)76)16-15-44-20-26-50(62(74)32-44)38-68-56-8-2-1-7-55(56)67-37-49(61)25-19-43/h19-42,55-60,73-78H,1-12H2. The molecule has 17 aliphatic rings. The first kappa shape index (κ1) is 52.3. The molecule has 3 fully saturated rings. The van der Waals surface area contributed by atoms with Gasteiger partial charge in [-0.1, -0.05) is 74.0 Å². The number of phenolic OH excluding ortho intramolecular Hbond substituents is 6. The van der Waals surface area contributed by atoms with Crippen molar-refractivity contribution in [1.82, 2.24) is 0 Å². The zero-order valence-corrected chi connectivity index (χ0v) is 43.2. The van der Waals surface area contributed by atoms with Crippen LogP contribution in [0.1, 0.15) is 144 Å². The van der Waals surface area contributed by atoms with Gasteiger partial charge in [-0.2, -0.15) is 0 Å². The highest BCUT2D eigenvalue weighted by atomic mass is 16.3. The maximum absolute atomic E-state index is 11.0. The van der Waals surface area contributed by atoms with Crippen LogP contribution in [-0.2, 0) is 0 Å². The van der Waals surface area contributed by atoms with Gasteiger partial charge in [0.05, 0.1) is 36.3 Å². The van der Waals surface area contributed by atoms with E-state index in [2.05, 4.69) is 35.5 Å². The molecule has 0 saturated heterocycles. The summed E-state index contributed by atoms with van der Waals surface area (Å²) in [5.74, 6) is 18.8. The van der Waals surface area contributed by atoms with Crippen molar-refractivity contribution in [2.75, 3.05) is 0 Å². The lowest BCUT2D eigenvalue weighted by atomic mass is 9.91. The average Bonchev–Trinajstić information content (AvgIpc) is 3.45. The fourth-order valence-corrected chi connectivity index (χ4v) is 10.2. The largest absolute Gasteiger partial charge is 0.507 e. The molecule has 23 rings (SSSR count). The first-order valence-corrected chi connectivity index (χ1v) is 26.8. The zero-order chi connectivity index (χ0) is 53.8. The minimum atomic E-state index is -0.102. The number of aliphatic imine (C=N–C) groups is 6. The van der Waals surface area contributed by atoms with Crippen LogP contribution >= 0.6 is 0 Å². The van der Waals surface area contributed by atoms with Crippen molar-refractivity contribution in [3.63, 3.8) is 0 Å². The molecule has 14 aliphatic heterocycles. The van der Waals surface area contributed by atoms with Crippen molar-refractivity contribution in [2.45, 2.75) is 113 Å². The van der Waals surface area contributed by atoms with Gasteiger partial charge >= 0.3 is 0 Å². The van der Waals surface area contributed by atoms with E-state index in [1.807, 2.05) is 36.4 Å². The molecule has 6 N–H and O–H groups in total. The molecule has 6 unspecified atom stereocenters. The molecule has 0 amide bonds. The van der Waals surface area contributed by atoms with Crippen LogP contribution < -0.4 is 0 Å². The summed E-state index contributed by atoms with van der Waals surface area (Å²) in [6.45, 7) is 0. The van der Waals surface area contributed by atoms with Crippen molar-refractivity contribution in [2.24, 2.45) is 30.0 Å². The Balaban J connectivity index is 0.904. The normalized spacial score (nSPS) is 21.2. The minimum Gasteiger partial charge on any atom is -0.507 e. The fourth-order valence-electron chi connectivity index (χ4n) is 10.2. The summed E-state index contributed by atoms with van der Waals surface area (Å²) in [7, 11) is 0. The lowest BCUT2D eigenvalue weighted by Crippen LogP contribution is -2.27. The topological polar surface area (TPSA) is 196 Å². The molecule has 12 bridgehead atoms. The molecule has 0 aromatic heterocycles. The molecule has 0 radical (unpaired) electrons. The van der Waals surface area contributed by atoms with E-state index in [-0.39, 0.29) is 70.7 Å². The number of phenols is 6. The Bertz CT molecular complexity index is 3000.